The van der Waals surface area contributed by atoms with Crippen molar-refractivity contribution in [2.24, 2.45) is 4.99 Å². The zero-order valence-electron chi connectivity index (χ0n) is 23.7. The van der Waals surface area contributed by atoms with Gasteiger partial charge in [0, 0.05) is 18.7 Å². The summed E-state index contributed by atoms with van der Waals surface area (Å²) in [6.07, 6.45) is 9.51. The molecule has 1 aromatic carbocycles. The van der Waals surface area contributed by atoms with Crippen LogP contribution in [0, 0.1) is 0 Å². The summed E-state index contributed by atoms with van der Waals surface area (Å²) in [7, 11) is 0. The molecule has 1 aliphatic rings. The fourth-order valence-corrected chi connectivity index (χ4v) is 4.64. The summed E-state index contributed by atoms with van der Waals surface area (Å²) < 4.78 is 10.8. The van der Waals surface area contributed by atoms with Crippen LogP contribution in [0.25, 0.3) is 11.4 Å². The van der Waals surface area contributed by atoms with E-state index in [1.54, 1.807) is 25.7 Å². The minimum atomic E-state index is -1.31. The van der Waals surface area contributed by atoms with Crippen LogP contribution in [0.15, 0.2) is 33.8 Å². The van der Waals surface area contributed by atoms with E-state index in [1.165, 1.54) is 50.5 Å². The zero-order valence-corrected chi connectivity index (χ0v) is 23.7. The summed E-state index contributed by atoms with van der Waals surface area (Å²) in [6, 6.07) is 8.31. The van der Waals surface area contributed by atoms with Crippen LogP contribution < -0.4 is 5.32 Å². The molecule has 39 heavy (non-hydrogen) atoms. The van der Waals surface area contributed by atoms with Crippen molar-refractivity contribution in [1.29, 1.82) is 0 Å². The normalized spacial score (nSPS) is 16.3. The highest BCUT2D eigenvalue weighted by atomic mass is 16.6. The lowest BCUT2D eigenvalue weighted by Gasteiger charge is -2.32. The van der Waals surface area contributed by atoms with Crippen LogP contribution >= 0.6 is 0 Å². The second-order valence-electron chi connectivity index (χ2n) is 11.2. The number of benzene rings is 1. The molecule has 0 spiro atoms. The van der Waals surface area contributed by atoms with Crippen molar-refractivity contribution in [2.75, 3.05) is 13.1 Å². The van der Waals surface area contributed by atoms with Gasteiger partial charge in [-0.15, -0.1) is 4.99 Å². The molecule has 214 valence electrons. The molecule has 1 saturated heterocycles. The van der Waals surface area contributed by atoms with Crippen molar-refractivity contribution in [1.82, 2.24) is 20.4 Å². The third-order valence-corrected chi connectivity index (χ3v) is 6.60. The molecular weight excluding hydrogens is 498 g/mol. The molecule has 0 radical (unpaired) electrons. The van der Waals surface area contributed by atoms with Crippen LogP contribution in [0.5, 0.6) is 0 Å². The van der Waals surface area contributed by atoms with E-state index in [9.17, 15) is 14.7 Å². The number of hydrogen-bond acceptors (Lipinski definition) is 6. The van der Waals surface area contributed by atoms with Crippen LogP contribution in [0.1, 0.15) is 103 Å². The van der Waals surface area contributed by atoms with E-state index in [0.29, 0.717) is 24.8 Å². The molecule has 10 heteroatoms. The van der Waals surface area contributed by atoms with Crippen LogP contribution in [-0.2, 0) is 11.2 Å². The van der Waals surface area contributed by atoms with Gasteiger partial charge in [-0.05, 0) is 52.0 Å². The Labute approximate surface area is 231 Å². The molecular formula is C29H43N5O5. The minimum Gasteiger partial charge on any atom is -0.465 e. The van der Waals surface area contributed by atoms with Crippen molar-refractivity contribution in [3.05, 3.63) is 35.7 Å². The average Bonchev–Trinajstić information content (AvgIpc) is 3.37. The number of nitrogens with one attached hydrogen (secondary N) is 1. The highest BCUT2D eigenvalue weighted by Crippen LogP contribution is 2.28. The van der Waals surface area contributed by atoms with Crippen LogP contribution in [0.2, 0.25) is 0 Å². The second kappa shape index (κ2) is 14.6. The van der Waals surface area contributed by atoms with Crippen molar-refractivity contribution < 1.29 is 24.0 Å². The topological polar surface area (TPSA) is 130 Å². The Balaban J connectivity index is 1.59. The summed E-state index contributed by atoms with van der Waals surface area (Å²) in [4.78, 5) is 33.8. The van der Waals surface area contributed by atoms with Gasteiger partial charge in [0.2, 0.25) is 17.7 Å². The fourth-order valence-electron chi connectivity index (χ4n) is 4.64. The number of guanidine groups is 1. The number of nitrogens with zero attached hydrogens (tertiary/aromatic N) is 4. The van der Waals surface area contributed by atoms with Gasteiger partial charge in [-0.1, -0.05) is 74.9 Å². The maximum Gasteiger partial charge on any atom is 0.437 e. The number of aromatic nitrogens is 2. The molecule has 2 aromatic rings. The molecule has 1 fully saturated rings. The van der Waals surface area contributed by atoms with E-state index >= 15 is 0 Å². The number of carbonyl (C=O) groups is 2. The number of rotatable bonds is 10. The molecule has 1 atom stereocenters. The summed E-state index contributed by atoms with van der Waals surface area (Å²) >= 11 is 0. The molecule has 10 nitrogen and oxygen atoms in total. The van der Waals surface area contributed by atoms with Crippen molar-refractivity contribution in [3.8, 4) is 11.4 Å². The highest BCUT2D eigenvalue weighted by molar-refractivity contribution is 5.98. The third kappa shape index (κ3) is 10.3. The molecule has 2 amide bonds. The van der Waals surface area contributed by atoms with Crippen LogP contribution in [0.3, 0.4) is 0 Å². The Kier molecular flexibility index (Phi) is 11.3. The molecule has 0 aliphatic carbocycles. The predicted octanol–water partition coefficient (Wildman–Crippen LogP) is 6.77. The standard InChI is InChI=1S/C29H43N5O5/c1-5-6-7-8-9-10-11-13-21-15-17-22(18-16-21)24-30-25(39-33-24)23-14-12-19-34(20-23)26(31-27(35)36)32-28(37)38-29(2,3)4/h15-18,23H,5-14,19-20H2,1-4H3,(H,35,36)(H,31,32,37). The van der Waals surface area contributed by atoms with Crippen LogP contribution in [-0.4, -0.2) is 57.0 Å². The molecule has 1 unspecified atom stereocenters. The van der Waals surface area contributed by atoms with Gasteiger partial charge in [0.15, 0.2) is 0 Å². The number of aliphatic imine (C=N–C) groups is 1. The van der Waals surface area contributed by atoms with Gasteiger partial charge in [0.05, 0.1) is 5.92 Å². The lowest BCUT2D eigenvalue weighted by molar-refractivity contribution is 0.0600. The Morgan fingerprint density at radius 1 is 1.13 bits per heavy atom. The summed E-state index contributed by atoms with van der Waals surface area (Å²) in [6.45, 7) is 8.31. The Morgan fingerprint density at radius 2 is 1.82 bits per heavy atom. The Hall–Kier alpha value is -3.43. The lowest BCUT2D eigenvalue weighted by atomic mass is 9.98. The van der Waals surface area contributed by atoms with Gasteiger partial charge in [0.25, 0.3) is 0 Å². The monoisotopic (exact) mass is 541 g/mol. The maximum atomic E-state index is 12.2. The minimum absolute atomic E-state index is 0.0715. The first kappa shape index (κ1) is 30.1. The van der Waals surface area contributed by atoms with Gasteiger partial charge in [-0.2, -0.15) is 4.98 Å². The first-order valence-corrected chi connectivity index (χ1v) is 14.1. The number of piperidine rings is 1. The van der Waals surface area contributed by atoms with E-state index in [2.05, 4.69) is 39.5 Å². The Bertz CT molecular complexity index is 1090. The van der Waals surface area contributed by atoms with E-state index in [1.807, 2.05) is 12.1 Å². The third-order valence-electron chi connectivity index (χ3n) is 6.60. The van der Waals surface area contributed by atoms with E-state index in [-0.39, 0.29) is 11.9 Å². The molecule has 3 rings (SSSR count). The van der Waals surface area contributed by atoms with Crippen molar-refractivity contribution >= 4 is 18.1 Å². The lowest BCUT2D eigenvalue weighted by Crippen LogP contribution is -2.48. The average molecular weight is 542 g/mol. The number of ether oxygens (including phenoxy) is 1. The number of hydrogen-bond donors (Lipinski definition) is 2. The number of amides is 2. The maximum absolute atomic E-state index is 12.2. The molecule has 2 heterocycles. The SMILES string of the molecule is CCCCCCCCCc1ccc(-c2noc(C3CCCN(C(=NC(=O)OC(C)(C)C)NC(=O)O)C3)n2)cc1. The fraction of sp³-hybridized carbons (Fsp3) is 0.621. The predicted molar refractivity (Wildman–Crippen MR) is 150 cm³/mol. The molecule has 1 aromatic heterocycles. The van der Waals surface area contributed by atoms with Gasteiger partial charge in [0.1, 0.15) is 5.60 Å². The van der Waals surface area contributed by atoms with E-state index in [4.69, 9.17) is 9.26 Å². The number of unbranched alkanes of at least 4 members (excludes halogenated alkanes) is 6. The van der Waals surface area contributed by atoms with E-state index < -0.39 is 17.8 Å². The quantitative estimate of drug-likeness (QED) is 0.191. The van der Waals surface area contributed by atoms with Gasteiger partial charge >= 0.3 is 12.2 Å². The van der Waals surface area contributed by atoms with Gasteiger partial charge in [-0.3, -0.25) is 5.32 Å². The van der Waals surface area contributed by atoms with Crippen LogP contribution in [0.4, 0.5) is 9.59 Å². The number of carbonyl (C=O) groups excluding carboxylic acids is 1. The first-order chi connectivity index (χ1) is 18.6. The number of carboxylic acid groups (broad SMARTS) is 1. The van der Waals surface area contributed by atoms with Gasteiger partial charge < -0.3 is 19.3 Å². The smallest absolute Gasteiger partial charge is 0.437 e. The summed E-state index contributed by atoms with van der Waals surface area (Å²) in [5.41, 5.74) is 1.45. The first-order valence-electron chi connectivity index (χ1n) is 14.1. The second-order valence-corrected chi connectivity index (χ2v) is 11.2. The van der Waals surface area contributed by atoms with E-state index in [0.717, 1.165) is 24.8 Å². The molecule has 2 N–H and O–H groups in total. The molecule has 1 aliphatic heterocycles. The van der Waals surface area contributed by atoms with Crippen molar-refractivity contribution in [3.63, 3.8) is 0 Å². The Morgan fingerprint density at radius 3 is 2.49 bits per heavy atom. The number of aryl methyl sites for hydroxylation is 1. The summed E-state index contributed by atoms with van der Waals surface area (Å²) in [5, 5.41) is 15.7. The van der Waals surface area contributed by atoms with Gasteiger partial charge in [-0.25, -0.2) is 9.59 Å². The molecule has 0 saturated carbocycles. The summed E-state index contributed by atoms with van der Waals surface area (Å²) in [5.74, 6) is 0.804. The van der Waals surface area contributed by atoms with Crippen molar-refractivity contribution in [2.45, 2.75) is 103 Å². The zero-order chi connectivity index (χ0) is 28.3. The highest BCUT2D eigenvalue weighted by Gasteiger charge is 2.29. The number of likely N-dealkylation sites (tertiary alicyclic amines) is 1. The molecule has 0 bridgehead atoms. The largest absolute Gasteiger partial charge is 0.465 e.